The molecule has 3 aromatic carbocycles. The average Bonchev–Trinajstić information content (AvgIpc) is 2.76. The SMILES string of the molecule is CCOC(=O)c1ccc(C)c(NC(=O)c2cc(NS(=O)(=O)c3ccc(C)cc3)ccc2Cl)c1. The fourth-order valence-electron chi connectivity index (χ4n) is 2.98. The fourth-order valence-corrected chi connectivity index (χ4v) is 4.23. The molecular weight excluding hydrogens is 464 g/mol. The maximum atomic E-state index is 12.9. The minimum Gasteiger partial charge on any atom is -0.462 e. The molecule has 0 spiro atoms. The zero-order valence-electron chi connectivity index (χ0n) is 18.3. The Labute approximate surface area is 197 Å². The van der Waals surface area contributed by atoms with Crippen molar-refractivity contribution in [1.29, 1.82) is 0 Å². The monoisotopic (exact) mass is 486 g/mol. The third-order valence-electron chi connectivity index (χ3n) is 4.79. The topological polar surface area (TPSA) is 102 Å². The number of hydrogen-bond donors (Lipinski definition) is 2. The molecule has 7 nitrogen and oxygen atoms in total. The molecule has 2 N–H and O–H groups in total. The van der Waals surface area contributed by atoms with Gasteiger partial charge in [-0.2, -0.15) is 0 Å². The van der Waals surface area contributed by atoms with Gasteiger partial charge in [-0.15, -0.1) is 0 Å². The van der Waals surface area contributed by atoms with Crippen molar-refractivity contribution in [1.82, 2.24) is 0 Å². The molecular formula is C24H23ClN2O5S. The van der Waals surface area contributed by atoms with E-state index in [0.717, 1.165) is 11.1 Å². The average molecular weight is 487 g/mol. The molecule has 33 heavy (non-hydrogen) atoms. The van der Waals surface area contributed by atoms with Crippen LogP contribution >= 0.6 is 11.6 Å². The van der Waals surface area contributed by atoms with Gasteiger partial charge in [0.25, 0.3) is 15.9 Å². The van der Waals surface area contributed by atoms with Crippen molar-refractivity contribution in [2.24, 2.45) is 0 Å². The van der Waals surface area contributed by atoms with E-state index < -0.39 is 21.9 Å². The second-order valence-electron chi connectivity index (χ2n) is 7.32. The summed E-state index contributed by atoms with van der Waals surface area (Å²) in [4.78, 5) is 25.0. The highest BCUT2D eigenvalue weighted by Gasteiger charge is 2.18. The predicted octanol–water partition coefficient (Wildman–Crippen LogP) is 5.19. The molecule has 172 valence electrons. The third-order valence-corrected chi connectivity index (χ3v) is 6.52. The molecule has 0 aliphatic heterocycles. The number of carbonyl (C=O) groups is 2. The number of amides is 1. The number of nitrogens with one attached hydrogen (secondary N) is 2. The molecule has 3 rings (SSSR count). The number of esters is 1. The molecule has 0 heterocycles. The first-order valence-corrected chi connectivity index (χ1v) is 11.9. The van der Waals surface area contributed by atoms with Crippen LogP contribution in [0.3, 0.4) is 0 Å². The lowest BCUT2D eigenvalue weighted by molar-refractivity contribution is 0.0526. The molecule has 0 aliphatic carbocycles. The van der Waals surface area contributed by atoms with E-state index in [9.17, 15) is 18.0 Å². The smallest absolute Gasteiger partial charge is 0.338 e. The Kier molecular flexibility index (Phi) is 7.40. The first-order valence-electron chi connectivity index (χ1n) is 10.1. The lowest BCUT2D eigenvalue weighted by Crippen LogP contribution is -2.16. The van der Waals surface area contributed by atoms with E-state index in [2.05, 4.69) is 10.0 Å². The second kappa shape index (κ2) is 10.1. The second-order valence-corrected chi connectivity index (χ2v) is 9.41. The van der Waals surface area contributed by atoms with Crippen LogP contribution in [-0.2, 0) is 14.8 Å². The van der Waals surface area contributed by atoms with Crippen LogP contribution in [0, 0.1) is 13.8 Å². The Morgan fingerprint density at radius 3 is 2.33 bits per heavy atom. The number of carbonyl (C=O) groups excluding carboxylic acids is 2. The Balaban J connectivity index is 1.85. The number of anilines is 2. The van der Waals surface area contributed by atoms with Crippen LogP contribution < -0.4 is 10.0 Å². The van der Waals surface area contributed by atoms with Crippen molar-refractivity contribution in [3.63, 3.8) is 0 Å². The molecule has 3 aromatic rings. The number of aryl methyl sites for hydroxylation is 2. The summed E-state index contributed by atoms with van der Waals surface area (Å²) >= 11 is 6.21. The summed E-state index contributed by atoms with van der Waals surface area (Å²) in [6, 6.07) is 15.5. The van der Waals surface area contributed by atoms with Gasteiger partial charge in [0, 0.05) is 11.4 Å². The van der Waals surface area contributed by atoms with Gasteiger partial charge < -0.3 is 10.1 Å². The van der Waals surface area contributed by atoms with Gasteiger partial charge in [0.15, 0.2) is 0 Å². The summed E-state index contributed by atoms with van der Waals surface area (Å²) in [5, 5.41) is 2.87. The zero-order valence-corrected chi connectivity index (χ0v) is 19.9. The Morgan fingerprint density at radius 1 is 0.970 bits per heavy atom. The summed E-state index contributed by atoms with van der Waals surface area (Å²) in [7, 11) is -3.85. The van der Waals surface area contributed by atoms with Gasteiger partial charge in [-0.05, 0) is 68.8 Å². The van der Waals surface area contributed by atoms with E-state index in [4.69, 9.17) is 16.3 Å². The van der Waals surface area contributed by atoms with Crippen LogP contribution in [0.1, 0.15) is 38.8 Å². The van der Waals surface area contributed by atoms with Gasteiger partial charge in [0.05, 0.1) is 27.7 Å². The quantitative estimate of drug-likeness (QED) is 0.448. The molecule has 9 heteroatoms. The minimum absolute atomic E-state index is 0.0710. The van der Waals surface area contributed by atoms with E-state index in [1.807, 2.05) is 6.92 Å². The lowest BCUT2D eigenvalue weighted by atomic mass is 10.1. The summed E-state index contributed by atoms with van der Waals surface area (Å²) in [6.07, 6.45) is 0. The van der Waals surface area contributed by atoms with E-state index in [-0.39, 0.29) is 27.8 Å². The van der Waals surface area contributed by atoms with E-state index in [1.54, 1.807) is 38.1 Å². The van der Waals surface area contributed by atoms with Gasteiger partial charge >= 0.3 is 5.97 Å². The minimum atomic E-state index is -3.85. The number of rotatable bonds is 7. The normalized spacial score (nSPS) is 11.0. The lowest BCUT2D eigenvalue weighted by Gasteiger charge is -2.13. The molecule has 0 fully saturated rings. The van der Waals surface area contributed by atoms with Gasteiger partial charge in [-0.25, -0.2) is 13.2 Å². The Bertz CT molecular complexity index is 1300. The highest BCUT2D eigenvalue weighted by molar-refractivity contribution is 7.92. The number of halogens is 1. The summed E-state index contributed by atoms with van der Waals surface area (Å²) in [5.74, 6) is -1.06. The number of ether oxygens (including phenoxy) is 1. The van der Waals surface area contributed by atoms with Crippen molar-refractivity contribution >= 4 is 44.9 Å². The first kappa shape index (κ1) is 24.3. The maximum Gasteiger partial charge on any atom is 0.338 e. The third kappa shape index (κ3) is 5.91. The standard InChI is InChI=1S/C24H23ClN2O5S/c1-4-32-24(29)17-8-7-16(3)22(13-17)26-23(28)20-14-18(9-12-21(20)25)27-33(30,31)19-10-5-15(2)6-11-19/h5-14,27H,4H2,1-3H3,(H,26,28). The van der Waals surface area contributed by atoms with Gasteiger partial charge in [0.1, 0.15) is 0 Å². The van der Waals surface area contributed by atoms with Crippen LogP contribution in [-0.4, -0.2) is 26.9 Å². The maximum absolute atomic E-state index is 12.9. The van der Waals surface area contributed by atoms with Crippen LogP contribution in [0.2, 0.25) is 5.02 Å². The largest absolute Gasteiger partial charge is 0.462 e. The molecule has 0 aliphatic rings. The number of sulfonamides is 1. The summed E-state index contributed by atoms with van der Waals surface area (Å²) in [5.41, 5.74) is 2.62. The van der Waals surface area contributed by atoms with Crippen molar-refractivity contribution in [3.8, 4) is 0 Å². The molecule has 0 saturated heterocycles. The van der Waals surface area contributed by atoms with Crippen molar-refractivity contribution in [3.05, 3.63) is 87.9 Å². The predicted molar refractivity (Wildman–Crippen MR) is 129 cm³/mol. The highest BCUT2D eigenvalue weighted by atomic mass is 35.5. The van der Waals surface area contributed by atoms with Crippen LogP contribution in [0.4, 0.5) is 11.4 Å². The number of benzene rings is 3. The fraction of sp³-hybridized carbons (Fsp3) is 0.167. The molecule has 0 unspecified atom stereocenters. The molecule has 0 atom stereocenters. The number of hydrogen-bond acceptors (Lipinski definition) is 5. The molecule has 1 amide bonds. The summed E-state index contributed by atoms with van der Waals surface area (Å²) < 4.78 is 32.8. The first-order chi connectivity index (χ1) is 15.6. The Hall–Kier alpha value is -3.36. The van der Waals surface area contributed by atoms with E-state index in [1.165, 1.54) is 36.4 Å². The van der Waals surface area contributed by atoms with Crippen molar-refractivity contribution < 1.29 is 22.7 Å². The highest BCUT2D eigenvalue weighted by Crippen LogP contribution is 2.25. The zero-order chi connectivity index (χ0) is 24.2. The van der Waals surface area contributed by atoms with Crippen molar-refractivity contribution in [2.45, 2.75) is 25.7 Å². The van der Waals surface area contributed by atoms with Crippen molar-refractivity contribution in [2.75, 3.05) is 16.6 Å². The van der Waals surface area contributed by atoms with Crippen LogP contribution in [0.25, 0.3) is 0 Å². The Morgan fingerprint density at radius 2 is 1.67 bits per heavy atom. The summed E-state index contributed by atoms with van der Waals surface area (Å²) in [6.45, 7) is 5.57. The van der Waals surface area contributed by atoms with Crippen LogP contribution in [0.15, 0.2) is 65.6 Å². The van der Waals surface area contributed by atoms with E-state index >= 15 is 0 Å². The van der Waals surface area contributed by atoms with Gasteiger partial charge in [0.2, 0.25) is 0 Å². The van der Waals surface area contributed by atoms with E-state index in [0.29, 0.717) is 11.3 Å². The molecule has 0 aromatic heterocycles. The molecule has 0 bridgehead atoms. The van der Waals surface area contributed by atoms with Crippen LogP contribution in [0.5, 0.6) is 0 Å². The molecule has 0 saturated carbocycles. The van der Waals surface area contributed by atoms with Gasteiger partial charge in [-0.1, -0.05) is 35.4 Å². The van der Waals surface area contributed by atoms with Gasteiger partial charge in [-0.3, -0.25) is 9.52 Å². The molecule has 0 radical (unpaired) electrons.